The van der Waals surface area contributed by atoms with E-state index in [1.165, 1.54) is 0 Å². The molecule has 0 radical (unpaired) electrons. The summed E-state index contributed by atoms with van der Waals surface area (Å²) in [5.74, 6) is 3.25. The van der Waals surface area contributed by atoms with Gasteiger partial charge in [0.15, 0.2) is 0 Å². The van der Waals surface area contributed by atoms with E-state index in [0.29, 0.717) is 29.5 Å². The molecule has 1 aliphatic heterocycles. The zero-order valence-electron chi connectivity index (χ0n) is 12.8. The van der Waals surface area contributed by atoms with Gasteiger partial charge < -0.3 is 16.0 Å². The van der Waals surface area contributed by atoms with Crippen molar-refractivity contribution in [2.24, 2.45) is 0 Å². The lowest BCUT2D eigenvalue weighted by atomic mass is 10.1. The van der Waals surface area contributed by atoms with E-state index >= 15 is 0 Å². The van der Waals surface area contributed by atoms with Crippen LogP contribution in [-0.2, 0) is 0 Å². The summed E-state index contributed by atoms with van der Waals surface area (Å²) < 4.78 is 1.75. The van der Waals surface area contributed by atoms with E-state index in [1.807, 2.05) is 13.0 Å². The van der Waals surface area contributed by atoms with Gasteiger partial charge in [-0.3, -0.25) is 0 Å². The third-order valence-electron chi connectivity index (χ3n) is 3.97. The van der Waals surface area contributed by atoms with Crippen molar-refractivity contribution in [2.75, 3.05) is 29.0 Å². The number of aromatic amines is 1. The summed E-state index contributed by atoms with van der Waals surface area (Å²) >= 11 is 0. The zero-order valence-corrected chi connectivity index (χ0v) is 12.8. The van der Waals surface area contributed by atoms with Crippen molar-refractivity contribution >= 4 is 23.5 Å². The van der Waals surface area contributed by atoms with Gasteiger partial charge in [0.05, 0.1) is 0 Å². The van der Waals surface area contributed by atoms with Gasteiger partial charge in [-0.15, -0.1) is 10.2 Å². The van der Waals surface area contributed by atoms with E-state index in [9.17, 15) is 0 Å². The van der Waals surface area contributed by atoms with Crippen LogP contribution >= 0.6 is 0 Å². The third kappa shape index (κ3) is 2.62. The minimum absolute atomic E-state index is 0.348. The SMILES string of the molecule is Cc1nc2nccc(NC3CCN(c4n[nH]c(N)n4)CC3)n2n1. The van der Waals surface area contributed by atoms with Crippen LogP contribution in [0.3, 0.4) is 0 Å². The molecule has 4 rings (SSSR count). The lowest BCUT2D eigenvalue weighted by Crippen LogP contribution is -2.40. The number of hydrogen-bond acceptors (Lipinski definition) is 8. The van der Waals surface area contributed by atoms with Gasteiger partial charge in [-0.25, -0.2) is 10.1 Å². The lowest BCUT2D eigenvalue weighted by molar-refractivity contribution is 0.518. The number of H-pyrrole nitrogens is 1. The molecule has 0 aliphatic carbocycles. The van der Waals surface area contributed by atoms with Crippen LogP contribution in [0.15, 0.2) is 12.3 Å². The Morgan fingerprint density at radius 1 is 1.30 bits per heavy atom. The lowest BCUT2D eigenvalue weighted by Gasteiger charge is -2.32. The zero-order chi connectivity index (χ0) is 15.8. The molecule has 10 heteroatoms. The van der Waals surface area contributed by atoms with Gasteiger partial charge in [-0.2, -0.15) is 14.5 Å². The van der Waals surface area contributed by atoms with Crippen LogP contribution in [-0.4, -0.2) is 53.9 Å². The van der Waals surface area contributed by atoms with E-state index in [4.69, 9.17) is 5.73 Å². The molecule has 10 nitrogen and oxygen atoms in total. The number of piperidine rings is 1. The smallest absolute Gasteiger partial charge is 0.254 e. The fraction of sp³-hybridized carbons (Fsp3) is 0.462. The van der Waals surface area contributed by atoms with Crippen molar-refractivity contribution in [3.05, 3.63) is 18.1 Å². The Morgan fingerprint density at radius 3 is 2.87 bits per heavy atom. The van der Waals surface area contributed by atoms with Crippen LogP contribution in [0.4, 0.5) is 17.7 Å². The van der Waals surface area contributed by atoms with Crippen LogP contribution in [0.25, 0.3) is 5.78 Å². The predicted octanol–water partition coefficient (Wildman–Crippen LogP) is 0.214. The fourth-order valence-electron chi connectivity index (χ4n) is 2.84. The van der Waals surface area contributed by atoms with Crippen molar-refractivity contribution in [3.63, 3.8) is 0 Å². The number of anilines is 3. The van der Waals surface area contributed by atoms with E-state index in [2.05, 4.69) is 40.5 Å². The standard InChI is InChI=1S/C13H18N10/c1-8-16-12-15-5-2-10(23(12)21-8)17-9-3-6-22(7-4-9)13-18-11(14)19-20-13/h2,5,9,17H,3-4,6-7H2,1H3,(H3,14,18,19,20). The van der Waals surface area contributed by atoms with Crippen LogP contribution < -0.4 is 16.0 Å². The fourth-order valence-corrected chi connectivity index (χ4v) is 2.84. The minimum Gasteiger partial charge on any atom is -0.368 e. The number of aromatic nitrogens is 7. The monoisotopic (exact) mass is 314 g/mol. The van der Waals surface area contributed by atoms with Gasteiger partial charge in [0.2, 0.25) is 11.9 Å². The molecule has 0 atom stereocenters. The maximum Gasteiger partial charge on any atom is 0.254 e. The van der Waals surface area contributed by atoms with Gasteiger partial charge in [0.25, 0.3) is 5.78 Å². The van der Waals surface area contributed by atoms with Crippen molar-refractivity contribution in [2.45, 2.75) is 25.8 Å². The van der Waals surface area contributed by atoms with Crippen molar-refractivity contribution in [1.82, 2.24) is 34.8 Å². The first-order valence-corrected chi connectivity index (χ1v) is 7.57. The largest absolute Gasteiger partial charge is 0.368 e. The summed E-state index contributed by atoms with van der Waals surface area (Å²) in [6, 6.07) is 2.28. The molecule has 4 heterocycles. The van der Waals surface area contributed by atoms with Crippen LogP contribution in [0, 0.1) is 6.92 Å². The van der Waals surface area contributed by atoms with E-state index < -0.39 is 0 Å². The Labute approximate surface area is 132 Å². The van der Waals surface area contributed by atoms with Crippen molar-refractivity contribution in [3.8, 4) is 0 Å². The highest BCUT2D eigenvalue weighted by molar-refractivity contribution is 5.44. The number of aryl methyl sites for hydroxylation is 1. The molecule has 120 valence electrons. The Hall–Kier alpha value is -2.91. The normalized spacial score (nSPS) is 16.1. The summed E-state index contributed by atoms with van der Waals surface area (Å²) in [4.78, 5) is 14.8. The van der Waals surface area contributed by atoms with Gasteiger partial charge in [-0.05, 0) is 25.8 Å². The van der Waals surface area contributed by atoms with Crippen LogP contribution in [0.5, 0.6) is 0 Å². The summed E-state index contributed by atoms with van der Waals surface area (Å²) in [5.41, 5.74) is 5.58. The quantitative estimate of drug-likeness (QED) is 0.626. The molecule has 0 bridgehead atoms. The minimum atomic E-state index is 0.348. The molecular formula is C13H18N10. The molecule has 1 aliphatic rings. The van der Waals surface area contributed by atoms with Gasteiger partial charge in [0.1, 0.15) is 11.6 Å². The number of nitrogen functional groups attached to an aromatic ring is 1. The highest BCUT2D eigenvalue weighted by Crippen LogP contribution is 2.19. The van der Waals surface area contributed by atoms with E-state index in [1.54, 1.807) is 10.7 Å². The topological polar surface area (TPSA) is 126 Å². The Kier molecular flexibility index (Phi) is 3.21. The molecule has 1 fully saturated rings. The van der Waals surface area contributed by atoms with Crippen LogP contribution in [0.2, 0.25) is 0 Å². The summed E-state index contributed by atoms with van der Waals surface area (Å²) in [7, 11) is 0. The average molecular weight is 314 g/mol. The summed E-state index contributed by atoms with van der Waals surface area (Å²) in [6.07, 6.45) is 3.70. The molecule has 0 saturated carbocycles. The highest BCUT2D eigenvalue weighted by atomic mass is 15.4. The number of nitrogens with zero attached hydrogens (tertiary/aromatic N) is 7. The first kappa shape index (κ1) is 13.7. The Bertz CT molecular complexity index is 813. The molecule has 3 aromatic heterocycles. The molecule has 1 saturated heterocycles. The second-order valence-corrected chi connectivity index (χ2v) is 5.63. The molecule has 0 unspecified atom stereocenters. The molecule has 0 spiro atoms. The summed E-state index contributed by atoms with van der Waals surface area (Å²) in [5, 5.41) is 14.7. The average Bonchev–Trinajstić information content (AvgIpc) is 3.14. The number of hydrogen-bond donors (Lipinski definition) is 3. The number of rotatable bonds is 3. The van der Waals surface area contributed by atoms with Gasteiger partial charge in [0, 0.05) is 25.3 Å². The van der Waals surface area contributed by atoms with E-state index in [0.717, 1.165) is 31.7 Å². The highest BCUT2D eigenvalue weighted by Gasteiger charge is 2.22. The molecule has 0 aromatic carbocycles. The molecule has 23 heavy (non-hydrogen) atoms. The summed E-state index contributed by atoms with van der Waals surface area (Å²) in [6.45, 7) is 3.61. The first-order valence-electron chi connectivity index (χ1n) is 7.57. The maximum atomic E-state index is 5.58. The molecule has 4 N–H and O–H groups in total. The molecule has 0 amide bonds. The van der Waals surface area contributed by atoms with E-state index in [-0.39, 0.29) is 0 Å². The second kappa shape index (κ2) is 5.38. The van der Waals surface area contributed by atoms with Crippen LogP contribution in [0.1, 0.15) is 18.7 Å². The van der Waals surface area contributed by atoms with Crippen molar-refractivity contribution < 1.29 is 0 Å². The van der Waals surface area contributed by atoms with Gasteiger partial charge in [-0.1, -0.05) is 0 Å². The Morgan fingerprint density at radius 2 is 2.13 bits per heavy atom. The number of nitrogens with one attached hydrogen (secondary N) is 2. The first-order chi connectivity index (χ1) is 11.2. The second-order valence-electron chi connectivity index (χ2n) is 5.63. The molecular weight excluding hydrogens is 296 g/mol. The number of nitrogens with two attached hydrogens (primary N) is 1. The Balaban J connectivity index is 1.44. The van der Waals surface area contributed by atoms with Gasteiger partial charge >= 0.3 is 0 Å². The number of fused-ring (bicyclic) bond motifs is 1. The maximum absolute atomic E-state index is 5.58. The third-order valence-corrected chi connectivity index (χ3v) is 3.97. The predicted molar refractivity (Wildman–Crippen MR) is 85.2 cm³/mol. The van der Waals surface area contributed by atoms with Crippen molar-refractivity contribution in [1.29, 1.82) is 0 Å². The molecule has 3 aromatic rings.